The molecule has 0 aromatic carbocycles. The predicted molar refractivity (Wildman–Crippen MR) is 37.0 cm³/mol. The highest BCUT2D eigenvalue weighted by Crippen LogP contribution is 1.78. The Morgan fingerprint density at radius 3 is 2.50 bits per heavy atom. The molecular weight excluding hydrogens is 146 g/mol. The van der Waals surface area contributed by atoms with Crippen molar-refractivity contribution < 1.29 is 0 Å². The van der Waals surface area contributed by atoms with Gasteiger partial charge in [0.15, 0.2) is 4.77 Å². The molecule has 5 heteroatoms. The van der Waals surface area contributed by atoms with E-state index in [1.54, 1.807) is 12.4 Å². The molecule has 1 aromatic heterocycles. The summed E-state index contributed by atoms with van der Waals surface area (Å²) in [6, 6.07) is 0. The largest absolute Gasteiger partial charge is 0.337 e. The van der Waals surface area contributed by atoms with E-state index < -0.39 is 0 Å². The highest BCUT2D eigenvalue weighted by atomic mass is 35.5. The van der Waals surface area contributed by atoms with Crippen LogP contribution in [-0.4, -0.2) is 9.66 Å². The van der Waals surface area contributed by atoms with Crippen molar-refractivity contribution in [2.45, 2.75) is 0 Å². The molecule has 1 rings (SSSR count). The zero-order valence-corrected chi connectivity index (χ0v) is 5.63. The van der Waals surface area contributed by atoms with Crippen molar-refractivity contribution in [3.63, 3.8) is 0 Å². The topological polar surface area (TPSA) is 46.7 Å². The van der Waals surface area contributed by atoms with Crippen LogP contribution >= 0.6 is 24.6 Å². The summed E-state index contributed by atoms with van der Waals surface area (Å²) in [6.45, 7) is 0. The van der Waals surface area contributed by atoms with Crippen molar-refractivity contribution in [2.24, 2.45) is 0 Å². The number of nitrogens with one attached hydrogen (secondary N) is 1. The van der Waals surface area contributed by atoms with Gasteiger partial charge in [0.05, 0.1) is 0 Å². The molecule has 0 bridgehead atoms. The molecule has 0 spiro atoms. The molecule has 0 unspecified atom stereocenters. The fourth-order valence-electron chi connectivity index (χ4n) is 0.331. The van der Waals surface area contributed by atoms with Gasteiger partial charge in [0.1, 0.15) is 0 Å². The number of imidazole rings is 1. The molecule has 46 valence electrons. The van der Waals surface area contributed by atoms with Crippen molar-refractivity contribution in [1.29, 1.82) is 0 Å². The average molecular weight is 152 g/mol. The third-order valence-electron chi connectivity index (χ3n) is 0.676. The van der Waals surface area contributed by atoms with Crippen molar-refractivity contribution >= 4 is 24.6 Å². The maximum absolute atomic E-state index is 5.22. The number of halogens is 1. The number of nitrogens with two attached hydrogens (primary N) is 1. The fourth-order valence-corrected chi connectivity index (χ4v) is 0.460. The second-order valence-corrected chi connectivity index (χ2v) is 1.56. The normalized spacial score (nSPS) is 8.00. The number of aromatic amines is 1. The molecule has 0 saturated heterocycles. The Morgan fingerprint density at radius 2 is 2.38 bits per heavy atom. The minimum absolute atomic E-state index is 0. The molecule has 0 fully saturated rings. The van der Waals surface area contributed by atoms with Gasteiger partial charge < -0.3 is 10.8 Å². The lowest BCUT2D eigenvalue weighted by Gasteiger charge is -1.81. The molecule has 0 amide bonds. The Labute approximate surface area is 57.9 Å². The average Bonchev–Trinajstić information content (AvgIpc) is 1.91. The van der Waals surface area contributed by atoms with E-state index in [0.717, 1.165) is 0 Å². The van der Waals surface area contributed by atoms with Gasteiger partial charge in [-0.3, -0.25) is 0 Å². The highest BCUT2D eigenvalue weighted by molar-refractivity contribution is 7.71. The smallest absolute Gasteiger partial charge is 0.195 e. The van der Waals surface area contributed by atoms with E-state index in [1.807, 2.05) is 0 Å². The Bertz CT molecular complexity index is 202. The number of nitrogen functional groups attached to an aromatic ring is 1. The fraction of sp³-hybridized carbons (Fsp3) is 0. The third-order valence-corrected chi connectivity index (χ3v) is 1.01. The van der Waals surface area contributed by atoms with E-state index in [0.29, 0.717) is 4.77 Å². The predicted octanol–water partition coefficient (Wildman–Crippen LogP) is 0.681. The maximum Gasteiger partial charge on any atom is 0.195 e. The van der Waals surface area contributed by atoms with E-state index in [4.69, 9.17) is 5.84 Å². The van der Waals surface area contributed by atoms with Crippen molar-refractivity contribution in [3.05, 3.63) is 17.2 Å². The lowest BCUT2D eigenvalue weighted by atomic mass is 11.0. The Hall–Kier alpha value is -0.480. The zero-order chi connectivity index (χ0) is 5.28. The molecule has 0 aliphatic rings. The van der Waals surface area contributed by atoms with E-state index in [9.17, 15) is 0 Å². The van der Waals surface area contributed by atoms with Gasteiger partial charge >= 0.3 is 0 Å². The molecular formula is C3H6ClN3S. The van der Waals surface area contributed by atoms with Crippen LogP contribution in [0.2, 0.25) is 0 Å². The van der Waals surface area contributed by atoms with Gasteiger partial charge in [0.25, 0.3) is 0 Å². The zero-order valence-electron chi connectivity index (χ0n) is 4.00. The first kappa shape index (κ1) is 7.52. The number of rotatable bonds is 0. The summed E-state index contributed by atoms with van der Waals surface area (Å²) in [6.07, 6.45) is 3.34. The lowest BCUT2D eigenvalue weighted by molar-refractivity contribution is 0.977. The number of nitrogens with zero attached hydrogens (tertiary/aromatic N) is 1. The standard InChI is InChI=1S/C3H5N3S.ClH/c4-6-2-1-5-3(6)7;/h1-2H,4H2,(H,5,7);1H. The van der Waals surface area contributed by atoms with Crippen LogP contribution < -0.4 is 5.84 Å². The molecule has 1 aromatic rings. The van der Waals surface area contributed by atoms with Gasteiger partial charge in [-0.2, -0.15) is 0 Å². The van der Waals surface area contributed by atoms with E-state index in [2.05, 4.69) is 17.2 Å². The van der Waals surface area contributed by atoms with Crippen LogP contribution in [0.15, 0.2) is 12.4 Å². The maximum atomic E-state index is 5.22. The number of H-pyrrole nitrogens is 1. The summed E-state index contributed by atoms with van der Waals surface area (Å²) >= 11 is 4.67. The van der Waals surface area contributed by atoms with Crippen molar-refractivity contribution in [2.75, 3.05) is 5.84 Å². The molecule has 0 atom stereocenters. The first-order valence-electron chi connectivity index (χ1n) is 1.82. The molecule has 0 radical (unpaired) electrons. The summed E-state index contributed by atoms with van der Waals surface area (Å²) in [7, 11) is 0. The van der Waals surface area contributed by atoms with Gasteiger partial charge in [-0.05, 0) is 12.2 Å². The minimum atomic E-state index is 0. The van der Waals surface area contributed by atoms with Crippen LogP contribution in [-0.2, 0) is 0 Å². The summed E-state index contributed by atoms with van der Waals surface area (Å²) in [5.41, 5.74) is 0. The first-order valence-corrected chi connectivity index (χ1v) is 2.22. The van der Waals surface area contributed by atoms with Crippen LogP contribution in [0.5, 0.6) is 0 Å². The lowest BCUT2D eigenvalue weighted by Crippen LogP contribution is -2.04. The van der Waals surface area contributed by atoms with Gasteiger partial charge in [0.2, 0.25) is 0 Å². The first-order chi connectivity index (χ1) is 3.30. The Balaban J connectivity index is 0.000000490. The number of hydrogen-bond acceptors (Lipinski definition) is 2. The van der Waals surface area contributed by atoms with Crippen LogP contribution in [0.4, 0.5) is 0 Å². The molecule has 3 nitrogen and oxygen atoms in total. The van der Waals surface area contributed by atoms with Crippen LogP contribution in [0.3, 0.4) is 0 Å². The molecule has 0 saturated carbocycles. The second kappa shape index (κ2) is 2.74. The van der Waals surface area contributed by atoms with E-state index in [-0.39, 0.29) is 12.4 Å². The summed E-state index contributed by atoms with van der Waals surface area (Å²) in [4.78, 5) is 2.72. The summed E-state index contributed by atoms with van der Waals surface area (Å²) in [5.74, 6) is 5.22. The monoisotopic (exact) mass is 151 g/mol. The van der Waals surface area contributed by atoms with Crippen LogP contribution in [0.1, 0.15) is 0 Å². The van der Waals surface area contributed by atoms with E-state index >= 15 is 0 Å². The van der Waals surface area contributed by atoms with Crippen molar-refractivity contribution in [1.82, 2.24) is 9.66 Å². The second-order valence-electron chi connectivity index (χ2n) is 1.17. The molecule has 0 aliphatic heterocycles. The van der Waals surface area contributed by atoms with Crippen molar-refractivity contribution in [3.8, 4) is 0 Å². The molecule has 3 N–H and O–H groups in total. The number of aromatic nitrogens is 2. The van der Waals surface area contributed by atoms with E-state index in [1.165, 1.54) is 4.68 Å². The summed E-state index contributed by atoms with van der Waals surface area (Å²) < 4.78 is 1.88. The van der Waals surface area contributed by atoms with Gasteiger partial charge in [-0.25, -0.2) is 4.68 Å². The minimum Gasteiger partial charge on any atom is -0.337 e. The molecule has 8 heavy (non-hydrogen) atoms. The quantitative estimate of drug-likeness (QED) is 0.423. The van der Waals surface area contributed by atoms with Crippen LogP contribution in [0, 0.1) is 4.77 Å². The number of hydrogen-bond donors (Lipinski definition) is 2. The third kappa shape index (κ3) is 1.24. The molecule has 1 heterocycles. The van der Waals surface area contributed by atoms with Gasteiger partial charge in [-0.15, -0.1) is 12.4 Å². The Morgan fingerprint density at radius 1 is 1.75 bits per heavy atom. The van der Waals surface area contributed by atoms with Gasteiger partial charge in [-0.1, -0.05) is 0 Å². The molecule has 0 aliphatic carbocycles. The van der Waals surface area contributed by atoms with Gasteiger partial charge in [0, 0.05) is 12.4 Å². The SMILES string of the molecule is Cl.Nn1cc[nH]c1=S. The summed E-state index contributed by atoms with van der Waals surface area (Å²) in [5, 5.41) is 0. The van der Waals surface area contributed by atoms with Crippen LogP contribution in [0.25, 0.3) is 0 Å². The Kier molecular flexibility index (Phi) is 2.57. The highest BCUT2D eigenvalue weighted by Gasteiger charge is 1.77.